The SMILES string of the molecule is Cc1cc(-n2cnc3c(NC4CC4)nc(C(F)(F)F)nc32)ccn1. The number of hydrogen-bond donors (Lipinski definition) is 1. The number of aryl methyl sites for hydroxylation is 1. The topological polar surface area (TPSA) is 68.5 Å². The summed E-state index contributed by atoms with van der Waals surface area (Å²) in [5.74, 6) is -1.05. The van der Waals surface area contributed by atoms with E-state index in [1.807, 2.05) is 0 Å². The lowest BCUT2D eigenvalue weighted by Gasteiger charge is -2.10. The van der Waals surface area contributed by atoms with Crippen LogP contribution in [0.25, 0.3) is 16.9 Å². The molecule has 9 heteroatoms. The number of imidazole rings is 1. The van der Waals surface area contributed by atoms with Crippen LogP contribution in [0.2, 0.25) is 0 Å². The van der Waals surface area contributed by atoms with E-state index < -0.39 is 12.0 Å². The lowest BCUT2D eigenvalue weighted by atomic mass is 10.3. The lowest BCUT2D eigenvalue weighted by Crippen LogP contribution is -2.15. The van der Waals surface area contributed by atoms with Gasteiger partial charge in [0, 0.05) is 17.9 Å². The molecule has 3 heterocycles. The monoisotopic (exact) mass is 334 g/mol. The molecule has 0 bridgehead atoms. The number of aromatic nitrogens is 5. The van der Waals surface area contributed by atoms with Crippen LogP contribution in [0.4, 0.5) is 19.0 Å². The zero-order valence-corrected chi connectivity index (χ0v) is 12.7. The first-order valence-electron chi connectivity index (χ1n) is 7.43. The number of pyridine rings is 1. The molecule has 24 heavy (non-hydrogen) atoms. The first-order chi connectivity index (χ1) is 11.4. The van der Waals surface area contributed by atoms with Crippen LogP contribution in [-0.4, -0.2) is 30.5 Å². The number of alkyl halides is 3. The number of nitrogens with zero attached hydrogens (tertiary/aromatic N) is 5. The van der Waals surface area contributed by atoms with Gasteiger partial charge in [0.1, 0.15) is 6.33 Å². The highest BCUT2D eigenvalue weighted by Crippen LogP contribution is 2.33. The van der Waals surface area contributed by atoms with Gasteiger partial charge in [-0.15, -0.1) is 0 Å². The second-order valence-electron chi connectivity index (χ2n) is 5.75. The fraction of sp³-hybridized carbons (Fsp3) is 0.333. The van der Waals surface area contributed by atoms with Crippen LogP contribution in [0.5, 0.6) is 0 Å². The summed E-state index contributed by atoms with van der Waals surface area (Å²) < 4.78 is 41.0. The summed E-state index contributed by atoms with van der Waals surface area (Å²) in [6.45, 7) is 1.80. The van der Waals surface area contributed by atoms with Gasteiger partial charge in [0.15, 0.2) is 17.0 Å². The third kappa shape index (κ3) is 2.66. The summed E-state index contributed by atoms with van der Waals surface area (Å²) in [7, 11) is 0. The Kier molecular flexibility index (Phi) is 3.19. The van der Waals surface area contributed by atoms with E-state index in [0.717, 1.165) is 18.5 Å². The maximum atomic E-state index is 13.2. The van der Waals surface area contributed by atoms with E-state index in [2.05, 4.69) is 25.3 Å². The van der Waals surface area contributed by atoms with Gasteiger partial charge in [0.2, 0.25) is 5.82 Å². The summed E-state index contributed by atoms with van der Waals surface area (Å²) >= 11 is 0. The number of hydrogen-bond acceptors (Lipinski definition) is 5. The van der Waals surface area contributed by atoms with E-state index in [1.54, 1.807) is 25.3 Å². The predicted octanol–water partition coefficient (Wildman–Crippen LogP) is 3.11. The molecule has 6 nitrogen and oxygen atoms in total. The molecule has 3 aromatic heterocycles. The molecule has 0 aliphatic heterocycles. The van der Waals surface area contributed by atoms with E-state index in [0.29, 0.717) is 11.2 Å². The summed E-state index contributed by atoms with van der Waals surface area (Å²) in [6, 6.07) is 3.60. The Labute approximate surface area is 134 Å². The van der Waals surface area contributed by atoms with Crippen molar-refractivity contribution in [2.75, 3.05) is 5.32 Å². The molecule has 0 amide bonds. The van der Waals surface area contributed by atoms with Gasteiger partial charge in [0.25, 0.3) is 0 Å². The summed E-state index contributed by atoms with van der Waals surface area (Å²) in [5, 5.41) is 3.01. The number of rotatable bonds is 3. The van der Waals surface area contributed by atoms with Crippen molar-refractivity contribution in [3.8, 4) is 5.69 Å². The Morgan fingerprint density at radius 2 is 2.00 bits per heavy atom. The van der Waals surface area contributed by atoms with Gasteiger partial charge in [-0.1, -0.05) is 0 Å². The van der Waals surface area contributed by atoms with Crippen molar-refractivity contribution in [1.82, 2.24) is 24.5 Å². The highest BCUT2D eigenvalue weighted by molar-refractivity contribution is 5.84. The quantitative estimate of drug-likeness (QED) is 0.797. The maximum absolute atomic E-state index is 13.2. The molecule has 0 atom stereocenters. The smallest absolute Gasteiger partial charge is 0.365 e. The van der Waals surface area contributed by atoms with E-state index in [4.69, 9.17) is 0 Å². The molecule has 4 rings (SSSR count). The third-order valence-corrected chi connectivity index (χ3v) is 3.73. The minimum atomic E-state index is -4.63. The summed E-state index contributed by atoms with van der Waals surface area (Å²) in [5.41, 5.74) is 1.83. The lowest BCUT2D eigenvalue weighted by molar-refractivity contribution is -0.144. The van der Waals surface area contributed by atoms with Crippen LogP contribution in [0.3, 0.4) is 0 Å². The molecule has 0 saturated heterocycles. The van der Waals surface area contributed by atoms with Crippen LogP contribution in [0, 0.1) is 6.92 Å². The average Bonchev–Trinajstić information content (AvgIpc) is 3.22. The molecule has 1 saturated carbocycles. The Morgan fingerprint density at radius 3 is 2.67 bits per heavy atom. The molecular weight excluding hydrogens is 321 g/mol. The third-order valence-electron chi connectivity index (χ3n) is 3.73. The largest absolute Gasteiger partial charge is 0.451 e. The number of halogens is 3. The zero-order chi connectivity index (χ0) is 16.9. The molecule has 1 fully saturated rings. The molecule has 1 aliphatic carbocycles. The van der Waals surface area contributed by atoms with Gasteiger partial charge in [-0.25, -0.2) is 15.0 Å². The number of anilines is 1. The van der Waals surface area contributed by atoms with Crippen molar-refractivity contribution in [2.45, 2.75) is 32.0 Å². The molecule has 0 aromatic carbocycles. The molecule has 0 spiro atoms. The minimum Gasteiger partial charge on any atom is -0.365 e. The molecular formula is C15H13F3N6. The first kappa shape index (κ1) is 14.9. The maximum Gasteiger partial charge on any atom is 0.451 e. The van der Waals surface area contributed by atoms with Crippen molar-refractivity contribution in [3.05, 3.63) is 36.2 Å². The van der Waals surface area contributed by atoms with Gasteiger partial charge in [-0.05, 0) is 31.9 Å². The van der Waals surface area contributed by atoms with Crippen LogP contribution < -0.4 is 5.32 Å². The van der Waals surface area contributed by atoms with Crippen LogP contribution in [0.15, 0.2) is 24.7 Å². The van der Waals surface area contributed by atoms with Crippen molar-refractivity contribution in [3.63, 3.8) is 0 Å². The molecule has 3 aromatic rings. The molecule has 1 aliphatic rings. The Bertz CT molecular complexity index is 913. The van der Waals surface area contributed by atoms with E-state index in [1.165, 1.54) is 10.9 Å². The minimum absolute atomic E-state index is 0.117. The van der Waals surface area contributed by atoms with E-state index in [9.17, 15) is 13.2 Å². The van der Waals surface area contributed by atoms with E-state index in [-0.39, 0.29) is 17.5 Å². The molecule has 124 valence electrons. The highest BCUT2D eigenvalue weighted by atomic mass is 19.4. The van der Waals surface area contributed by atoms with Gasteiger partial charge < -0.3 is 5.32 Å². The van der Waals surface area contributed by atoms with Gasteiger partial charge >= 0.3 is 6.18 Å². The second-order valence-corrected chi connectivity index (χ2v) is 5.75. The van der Waals surface area contributed by atoms with E-state index >= 15 is 0 Å². The van der Waals surface area contributed by atoms with Crippen LogP contribution >= 0.6 is 0 Å². The van der Waals surface area contributed by atoms with Crippen molar-refractivity contribution in [1.29, 1.82) is 0 Å². The predicted molar refractivity (Wildman–Crippen MR) is 80.8 cm³/mol. The molecule has 1 N–H and O–H groups in total. The van der Waals surface area contributed by atoms with Gasteiger partial charge in [0.05, 0.1) is 5.69 Å². The van der Waals surface area contributed by atoms with Crippen molar-refractivity contribution >= 4 is 17.0 Å². The second kappa shape index (κ2) is 5.15. The molecule has 0 radical (unpaired) electrons. The highest BCUT2D eigenvalue weighted by Gasteiger charge is 2.37. The van der Waals surface area contributed by atoms with Gasteiger partial charge in [-0.2, -0.15) is 13.2 Å². The summed E-state index contributed by atoms with van der Waals surface area (Å²) in [6.07, 6.45) is 0.240. The van der Waals surface area contributed by atoms with Crippen molar-refractivity contribution in [2.24, 2.45) is 0 Å². The number of nitrogens with one attached hydrogen (secondary N) is 1. The molecule has 0 unspecified atom stereocenters. The normalized spacial score (nSPS) is 15.0. The standard InChI is InChI=1S/C15H13F3N6/c1-8-6-10(4-5-19-8)24-7-20-11-12(21-9-2-3-9)22-14(15(16,17)18)23-13(11)24/h4-7,9H,2-3H2,1H3,(H,21,22,23). The average molecular weight is 334 g/mol. The van der Waals surface area contributed by atoms with Crippen LogP contribution in [-0.2, 0) is 6.18 Å². The van der Waals surface area contributed by atoms with Crippen LogP contribution in [0.1, 0.15) is 24.4 Å². The Hall–Kier alpha value is -2.71. The Morgan fingerprint density at radius 1 is 1.21 bits per heavy atom. The Balaban J connectivity index is 1.93. The van der Waals surface area contributed by atoms with Gasteiger partial charge in [-0.3, -0.25) is 9.55 Å². The number of fused-ring (bicyclic) bond motifs is 1. The van der Waals surface area contributed by atoms with Crippen molar-refractivity contribution < 1.29 is 13.2 Å². The first-order valence-corrected chi connectivity index (χ1v) is 7.43. The fourth-order valence-corrected chi connectivity index (χ4v) is 2.42. The summed E-state index contributed by atoms with van der Waals surface area (Å²) in [4.78, 5) is 15.7. The fourth-order valence-electron chi connectivity index (χ4n) is 2.42. The zero-order valence-electron chi connectivity index (χ0n) is 12.7.